The second-order valence-electron chi connectivity index (χ2n) is 4.09. The summed E-state index contributed by atoms with van der Waals surface area (Å²) < 4.78 is 10.2. The number of hydrogen-bond donors (Lipinski definition) is 2. The van der Waals surface area contributed by atoms with Crippen LogP contribution in [0.1, 0.15) is 13.3 Å². The fourth-order valence-corrected chi connectivity index (χ4v) is 1.61. The van der Waals surface area contributed by atoms with Crippen LogP contribution < -0.4 is 10.7 Å². The maximum Gasteiger partial charge on any atom is 0.238 e. The van der Waals surface area contributed by atoms with Crippen LogP contribution in [0, 0.1) is 0 Å². The van der Waals surface area contributed by atoms with E-state index >= 15 is 0 Å². The Hall–Kier alpha value is -0.690. The average molecular weight is 245 g/mol. The molecule has 1 rings (SSSR count). The first-order valence-corrected chi connectivity index (χ1v) is 6.09. The van der Waals surface area contributed by atoms with Crippen molar-refractivity contribution in [1.29, 1.82) is 0 Å². The molecule has 0 radical (unpaired) electrons. The van der Waals surface area contributed by atoms with E-state index in [0.717, 1.165) is 32.7 Å². The molecule has 0 saturated carbocycles. The van der Waals surface area contributed by atoms with Crippen molar-refractivity contribution < 1.29 is 14.3 Å². The number of carbonyl (C=O) groups excluding carboxylic acids is 1. The molecule has 6 heteroatoms. The van der Waals surface area contributed by atoms with Gasteiger partial charge in [-0.05, 0) is 13.3 Å². The largest absolute Gasteiger partial charge is 0.385 e. The molecule has 1 saturated heterocycles. The van der Waals surface area contributed by atoms with Crippen molar-refractivity contribution in [1.82, 2.24) is 15.8 Å². The van der Waals surface area contributed by atoms with Crippen molar-refractivity contribution >= 4 is 5.91 Å². The van der Waals surface area contributed by atoms with Crippen molar-refractivity contribution in [3.63, 3.8) is 0 Å². The van der Waals surface area contributed by atoms with Gasteiger partial charge in [-0.2, -0.15) is 0 Å². The van der Waals surface area contributed by atoms with E-state index in [0.29, 0.717) is 13.2 Å². The number of methoxy groups -OCH3 is 1. The molecule has 0 aromatic heterocycles. The van der Waals surface area contributed by atoms with Crippen molar-refractivity contribution in [3.05, 3.63) is 0 Å². The van der Waals surface area contributed by atoms with E-state index in [1.807, 2.05) is 11.9 Å². The van der Waals surface area contributed by atoms with Gasteiger partial charge in [-0.3, -0.25) is 4.79 Å². The molecule has 0 bridgehead atoms. The Labute approximate surface area is 103 Å². The number of amides is 1. The number of ether oxygens (including phenoxy) is 2. The summed E-state index contributed by atoms with van der Waals surface area (Å²) in [6.45, 7) is 6.27. The molecule has 1 atom stereocenters. The monoisotopic (exact) mass is 245 g/mol. The van der Waals surface area contributed by atoms with E-state index in [2.05, 4.69) is 10.7 Å². The second kappa shape index (κ2) is 8.41. The topological polar surface area (TPSA) is 62.8 Å². The van der Waals surface area contributed by atoms with Gasteiger partial charge in [-0.1, -0.05) is 0 Å². The quantitative estimate of drug-likeness (QED) is 0.584. The Morgan fingerprint density at radius 3 is 2.82 bits per heavy atom. The number of hydrazine groups is 1. The highest BCUT2D eigenvalue weighted by Crippen LogP contribution is 1.94. The third-order valence-electron chi connectivity index (χ3n) is 2.61. The summed E-state index contributed by atoms with van der Waals surface area (Å²) in [5.41, 5.74) is 3.17. The Morgan fingerprint density at radius 1 is 1.47 bits per heavy atom. The van der Waals surface area contributed by atoms with E-state index in [-0.39, 0.29) is 11.9 Å². The van der Waals surface area contributed by atoms with Crippen LogP contribution in [-0.2, 0) is 14.3 Å². The standard InChI is InChI=1S/C11H23N3O3/c1-10(11(15)12-4-3-7-16-2)13-14-5-8-17-9-6-14/h10,13H,3-9H2,1-2H3,(H,12,15). The molecule has 1 amide bonds. The van der Waals surface area contributed by atoms with Gasteiger partial charge >= 0.3 is 0 Å². The molecule has 17 heavy (non-hydrogen) atoms. The molecule has 2 N–H and O–H groups in total. The molecule has 6 nitrogen and oxygen atoms in total. The van der Waals surface area contributed by atoms with Crippen LogP contribution in [0.15, 0.2) is 0 Å². The predicted octanol–water partition coefficient (Wildman–Crippen LogP) is -0.636. The first kappa shape index (κ1) is 14.4. The van der Waals surface area contributed by atoms with Crippen LogP contribution >= 0.6 is 0 Å². The van der Waals surface area contributed by atoms with Gasteiger partial charge in [0.15, 0.2) is 0 Å². The third-order valence-corrected chi connectivity index (χ3v) is 2.61. The van der Waals surface area contributed by atoms with Crippen LogP contribution in [0.2, 0.25) is 0 Å². The van der Waals surface area contributed by atoms with Gasteiger partial charge < -0.3 is 14.8 Å². The lowest BCUT2D eigenvalue weighted by Crippen LogP contribution is -2.54. The zero-order chi connectivity index (χ0) is 12.5. The lowest BCUT2D eigenvalue weighted by Gasteiger charge is -2.29. The molecule has 1 aliphatic heterocycles. The number of hydrogen-bond acceptors (Lipinski definition) is 5. The van der Waals surface area contributed by atoms with Crippen LogP contribution in [0.3, 0.4) is 0 Å². The summed E-state index contributed by atoms with van der Waals surface area (Å²) in [4.78, 5) is 11.7. The minimum absolute atomic E-state index is 0.0209. The van der Waals surface area contributed by atoms with Crippen LogP contribution in [0.4, 0.5) is 0 Å². The Bertz CT molecular complexity index is 220. The lowest BCUT2D eigenvalue weighted by molar-refractivity contribution is -0.124. The average Bonchev–Trinajstić information content (AvgIpc) is 2.35. The normalized spacial score (nSPS) is 18.9. The van der Waals surface area contributed by atoms with Crippen molar-refractivity contribution in [2.45, 2.75) is 19.4 Å². The summed E-state index contributed by atoms with van der Waals surface area (Å²) in [6.07, 6.45) is 0.840. The number of morpholine rings is 1. The fraction of sp³-hybridized carbons (Fsp3) is 0.909. The maximum absolute atomic E-state index is 11.7. The summed E-state index contributed by atoms with van der Waals surface area (Å²) in [5.74, 6) is 0.0209. The molecule has 0 aromatic carbocycles. The minimum atomic E-state index is -0.212. The molecule has 0 aromatic rings. The van der Waals surface area contributed by atoms with Gasteiger partial charge in [0, 0.05) is 33.4 Å². The highest BCUT2D eigenvalue weighted by atomic mass is 16.5. The molecule has 0 spiro atoms. The van der Waals surface area contributed by atoms with Gasteiger partial charge in [0.05, 0.1) is 19.3 Å². The van der Waals surface area contributed by atoms with E-state index in [4.69, 9.17) is 9.47 Å². The molecule has 1 fully saturated rings. The number of rotatable bonds is 7. The Morgan fingerprint density at radius 2 is 2.18 bits per heavy atom. The number of nitrogens with one attached hydrogen (secondary N) is 2. The summed E-state index contributed by atoms with van der Waals surface area (Å²) in [5, 5.41) is 4.90. The second-order valence-corrected chi connectivity index (χ2v) is 4.09. The van der Waals surface area contributed by atoms with E-state index in [1.54, 1.807) is 7.11 Å². The van der Waals surface area contributed by atoms with Crippen LogP contribution in [-0.4, -0.2) is 63.5 Å². The van der Waals surface area contributed by atoms with Gasteiger partial charge in [0.2, 0.25) is 5.91 Å². The van der Waals surface area contributed by atoms with Gasteiger partial charge in [-0.25, -0.2) is 10.4 Å². The summed E-state index contributed by atoms with van der Waals surface area (Å²) >= 11 is 0. The van der Waals surface area contributed by atoms with Gasteiger partial charge in [0.1, 0.15) is 0 Å². The van der Waals surface area contributed by atoms with Crippen molar-refractivity contribution in [2.75, 3.05) is 46.6 Å². The molecule has 0 aliphatic carbocycles. The highest BCUT2D eigenvalue weighted by molar-refractivity contribution is 5.81. The van der Waals surface area contributed by atoms with Crippen LogP contribution in [0.25, 0.3) is 0 Å². The zero-order valence-corrected chi connectivity index (χ0v) is 10.7. The number of carbonyl (C=O) groups is 1. The third kappa shape index (κ3) is 5.97. The van der Waals surface area contributed by atoms with Gasteiger partial charge in [-0.15, -0.1) is 0 Å². The lowest BCUT2D eigenvalue weighted by atomic mass is 10.3. The van der Waals surface area contributed by atoms with Crippen molar-refractivity contribution in [3.8, 4) is 0 Å². The van der Waals surface area contributed by atoms with E-state index in [9.17, 15) is 4.79 Å². The zero-order valence-electron chi connectivity index (χ0n) is 10.7. The first-order chi connectivity index (χ1) is 8.24. The molecule has 1 unspecified atom stereocenters. The summed E-state index contributed by atoms with van der Waals surface area (Å²) in [6, 6.07) is -0.212. The Kier molecular flexibility index (Phi) is 7.11. The summed E-state index contributed by atoms with van der Waals surface area (Å²) in [7, 11) is 1.66. The number of nitrogens with zero attached hydrogens (tertiary/aromatic N) is 1. The Balaban J connectivity index is 2.12. The molecule has 100 valence electrons. The SMILES string of the molecule is COCCCNC(=O)C(C)NN1CCOCC1. The molecule has 1 heterocycles. The van der Waals surface area contributed by atoms with E-state index in [1.165, 1.54) is 0 Å². The first-order valence-electron chi connectivity index (χ1n) is 6.09. The molecular weight excluding hydrogens is 222 g/mol. The predicted molar refractivity (Wildman–Crippen MR) is 64.5 cm³/mol. The maximum atomic E-state index is 11.7. The smallest absolute Gasteiger partial charge is 0.238 e. The van der Waals surface area contributed by atoms with Crippen LogP contribution in [0.5, 0.6) is 0 Å². The van der Waals surface area contributed by atoms with E-state index < -0.39 is 0 Å². The fourth-order valence-electron chi connectivity index (χ4n) is 1.61. The molecular formula is C11H23N3O3. The van der Waals surface area contributed by atoms with Crippen molar-refractivity contribution in [2.24, 2.45) is 0 Å². The van der Waals surface area contributed by atoms with Gasteiger partial charge in [0.25, 0.3) is 0 Å². The highest BCUT2D eigenvalue weighted by Gasteiger charge is 2.17. The molecule has 1 aliphatic rings. The minimum Gasteiger partial charge on any atom is -0.385 e.